The number of nitrogens with two attached hydrogens (primary N) is 1. The van der Waals surface area contributed by atoms with Crippen molar-refractivity contribution in [2.75, 3.05) is 0 Å². The van der Waals surface area contributed by atoms with Crippen LogP contribution in [0.15, 0.2) is 9.95 Å². The molecule has 1 amide bonds. The van der Waals surface area contributed by atoms with E-state index in [1.165, 1.54) is 23.1 Å². The Morgan fingerprint density at radius 1 is 1.45 bits per heavy atom. The van der Waals surface area contributed by atoms with Crippen LogP contribution in [0.25, 0.3) is 10.2 Å². The normalized spacial score (nSPS) is 14.2. The Bertz CT molecular complexity index is 751. The summed E-state index contributed by atoms with van der Waals surface area (Å²) >= 11 is 2.71. The summed E-state index contributed by atoms with van der Waals surface area (Å²) in [6.45, 7) is 8.06. The standard InChI is InChI=1S/C15H21N3O2S2/c1-5-7(2)6-10-8(3)21-14-11(10)13(20)17-15(18-14)22-9(4)12(16)19/h7,9H,5-6H2,1-4H3,(H2,16,19)(H,17,18,20)/t7-,9-/m1/s1. The predicted octanol–water partition coefficient (Wildman–Crippen LogP) is 2.85. The van der Waals surface area contributed by atoms with Crippen LogP contribution in [0.2, 0.25) is 0 Å². The molecule has 0 bridgehead atoms. The van der Waals surface area contributed by atoms with Gasteiger partial charge in [-0.05, 0) is 31.7 Å². The second-order valence-electron chi connectivity index (χ2n) is 5.57. The molecule has 0 aliphatic rings. The van der Waals surface area contributed by atoms with Crippen molar-refractivity contribution in [3.8, 4) is 0 Å². The lowest BCUT2D eigenvalue weighted by atomic mass is 9.98. The van der Waals surface area contributed by atoms with E-state index >= 15 is 0 Å². The lowest BCUT2D eigenvalue weighted by molar-refractivity contribution is -0.117. The van der Waals surface area contributed by atoms with Gasteiger partial charge in [0.15, 0.2) is 5.16 Å². The number of aromatic amines is 1. The number of aromatic nitrogens is 2. The first-order valence-corrected chi connectivity index (χ1v) is 9.01. The minimum atomic E-state index is -0.429. The summed E-state index contributed by atoms with van der Waals surface area (Å²) in [7, 11) is 0. The number of H-pyrrole nitrogens is 1. The Morgan fingerprint density at radius 2 is 2.14 bits per heavy atom. The quantitative estimate of drug-likeness (QED) is 0.625. The molecule has 0 aliphatic carbocycles. The maximum absolute atomic E-state index is 12.4. The molecular formula is C15H21N3O2S2. The second-order valence-corrected chi connectivity index (χ2v) is 8.10. The topological polar surface area (TPSA) is 88.8 Å². The van der Waals surface area contributed by atoms with E-state index in [0.29, 0.717) is 16.5 Å². The molecule has 2 rings (SSSR count). The lowest BCUT2D eigenvalue weighted by Crippen LogP contribution is -2.23. The Labute approximate surface area is 137 Å². The summed E-state index contributed by atoms with van der Waals surface area (Å²) < 4.78 is 0. The van der Waals surface area contributed by atoms with E-state index in [1.54, 1.807) is 6.92 Å². The maximum Gasteiger partial charge on any atom is 0.260 e. The molecule has 7 heteroatoms. The fourth-order valence-electron chi connectivity index (χ4n) is 2.18. The minimum Gasteiger partial charge on any atom is -0.369 e. The molecule has 0 aliphatic heterocycles. The third kappa shape index (κ3) is 3.52. The van der Waals surface area contributed by atoms with Crippen molar-refractivity contribution in [1.82, 2.24) is 9.97 Å². The molecule has 5 nitrogen and oxygen atoms in total. The highest BCUT2D eigenvalue weighted by Crippen LogP contribution is 2.31. The fourth-order valence-corrected chi connectivity index (χ4v) is 4.03. The number of carbonyl (C=O) groups excluding carboxylic acids is 1. The average molecular weight is 339 g/mol. The highest BCUT2D eigenvalue weighted by atomic mass is 32.2. The van der Waals surface area contributed by atoms with Crippen molar-refractivity contribution in [1.29, 1.82) is 0 Å². The zero-order chi connectivity index (χ0) is 16.4. The van der Waals surface area contributed by atoms with E-state index < -0.39 is 11.2 Å². The molecule has 0 fully saturated rings. The molecule has 0 aromatic carbocycles. The van der Waals surface area contributed by atoms with Crippen LogP contribution in [0.3, 0.4) is 0 Å². The van der Waals surface area contributed by atoms with Crippen molar-refractivity contribution in [2.45, 2.75) is 50.9 Å². The monoisotopic (exact) mass is 339 g/mol. The minimum absolute atomic E-state index is 0.133. The number of nitrogens with zero attached hydrogens (tertiary/aromatic N) is 1. The number of carbonyl (C=O) groups is 1. The number of thioether (sulfide) groups is 1. The summed E-state index contributed by atoms with van der Waals surface area (Å²) in [6.07, 6.45) is 1.96. The fraction of sp³-hybridized carbons (Fsp3) is 0.533. The van der Waals surface area contributed by atoms with Gasteiger partial charge in [-0.15, -0.1) is 11.3 Å². The molecule has 2 aromatic rings. The zero-order valence-electron chi connectivity index (χ0n) is 13.2. The van der Waals surface area contributed by atoms with E-state index in [2.05, 4.69) is 23.8 Å². The number of aryl methyl sites for hydroxylation is 1. The van der Waals surface area contributed by atoms with Gasteiger partial charge in [-0.25, -0.2) is 4.98 Å². The van der Waals surface area contributed by atoms with E-state index in [-0.39, 0.29) is 5.56 Å². The number of fused-ring (bicyclic) bond motifs is 1. The molecule has 2 atom stereocenters. The van der Waals surface area contributed by atoms with Gasteiger partial charge in [-0.3, -0.25) is 9.59 Å². The molecule has 0 saturated carbocycles. The zero-order valence-corrected chi connectivity index (χ0v) is 14.9. The Kier molecular flexibility index (Phi) is 5.28. The van der Waals surface area contributed by atoms with Crippen LogP contribution < -0.4 is 11.3 Å². The van der Waals surface area contributed by atoms with Crippen LogP contribution in [-0.4, -0.2) is 21.1 Å². The van der Waals surface area contributed by atoms with E-state index in [0.717, 1.165) is 28.1 Å². The van der Waals surface area contributed by atoms with Crippen molar-refractivity contribution < 1.29 is 4.79 Å². The Balaban J connectivity index is 2.45. The van der Waals surface area contributed by atoms with Crippen molar-refractivity contribution >= 4 is 39.2 Å². The highest BCUT2D eigenvalue weighted by molar-refractivity contribution is 8.00. The lowest BCUT2D eigenvalue weighted by Gasteiger charge is -2.08. The van der Waals surface area contributed by atoms with Gasteiger partial charge in [-0.2, -0.15) is 0 Å². The number of nitrogens with one attached hydrogen (secondary N) is 1. The highest BCUT2D eigenvalue weighted by Gasteiger charge is 2.18. The van der Waals surface area contributed by atoms with Gasteiger partial charge >= 0.3 is 0 Å². The van der Waals surface area contributed by atoms with Gasteiger partial charge in [0.2, 0.25) is 5.91 Å². The van der Waals surface area contributed by atoms with Gasteiger partial charge in [0.25, 0.3) is 5.56 Å². The summed E-state index contributed by atoms with van der Waals surface area (Å²) in [5, 5.41) is 0.709. The van der Waals surface area contributed by atoms with Crippen LogP contribution in [0.1, 0.15) is 37.6 Å². The first-order chi connectivity index (χ1) is 10.3. The van der Waals surface area contributed by atoms with E-state index in [1.807, 2.05) is 6.92 Å². The Hall–Kier alpha value is -1.34. The molecule has 2 heterocycles. The van der Waals surface area contributed by atoms with Gasteiger partial charge in [0.1, 0.15) is 4.83 Å². The van der Waals surface area contributed by atoms with Gasteiger partial charge in [0, 0.05) is 4.88 Å². The van der Waals surface area contributed by atoms with Gasteiger partial charge in [-0.1, -0.05) is 32.0 Å². The van der Waals surface area contributed by atoms with Gasteiger partial charge in [0.05, 0.1) is 10.6 Å². The van der Waals surface area contributed by atoms with Crippen molar-refractivity contribution in [2.24, 2.45) is 11.7 Å². The summed E-state index contributed by atoms with van der Waals surface area (Å²) in [4.78, 5) is 32.7. The summed E-state index contributed by atoms with van der Waals surface area (Å²) in [5.74, 6) is 0.104. The number of amides is 1. The average Bonchev–Trinajstić information content (AvgIpc) is 2.74. The number of thiophene rings is 1. The van der Waals surface area contributed by atoms with Crippen LogP contribution in [0.5, 0.6) is 0 Å². The van der Waals surface area contributed by atoms with Crippen LogP contribution in [0, 0.1) is 12.8 Å². The summed E-state index contributed by atoms with van der Waals surface area (Å²) in [5.41, 5.74) is 6.22. The van der Waals surface area contributed by atoms with Crippen LogP contribution in [-0.2, 0) is 11.2 Å². The third-order valence-electron chi connectivity index (χ3n) is 3.78. The number of hydrogen-bond acceptors (Lipinski definition) is 5. The van der Waals surface area contributed by atoms with E-state index in [4.69, 9.17) is 5.73 Å². The molecule has 22 heavy (non-hydrogen) atoms. The molecule has 0 unspecified atom stereocenters. The molecule has 0 saturated heterocycles. The smallest absolute Gasteiger partial charge is 0.260 e. The van der Waals surface area contributed by atoms with Crippen molar-refractivity contribution in [3.05, 3.63) is 20.8 Å². The number of primary amides is 1. The molecule has 3 N–H and O–H groups in total. The SMILES string of the molecule is CC[C@@H](C)Cc1c(C)sc2nc(S[C@H](C)C(N)=O)[nH]c(=O)c12. The Morgan fingerprint density at radius 3 is 2.73 bits per heavy atom. The number of hydrogen-bond donors (Lipinski definition) is 2. The number of rotatable bonds is 6. The molecule has 0 radical (unpaired) electrons. The maximum atomic E-state index is 12.4. The largest absolute Gasteiger partial charge is 0.369 e. The molecular weight excluding hydrogens is 318 g/mol. The second kappa shape index (κ2) is 6.83. The molecule has 0 spiro atoms. The predicted molar refractivity (Wildman–Crippen MR) is 92.7 cm³/mol. The molecule has 120 valence electrons. The van der Waals surface area contributed by atoms with Crippen LogP contribution >= 0.6 is 23.1 Å². The molecule has 2 aromatic heterocycles. The third-order valence-corrected chi connectivity index (χ3v) is 5.82. The first kappa shape index (κ1) is 17.0. The van der Waals surface area contributed by atoms with Crippen LogP contribution in [0.4, 0.5) is 0 Å². The van der Waals surface area contributed by atoms with Gasteiger partial charge < -0.3 is 10.7 Å². The van der Waals surface area contributed by atoms with E-state index in [9.17, 15) is 9.59 Å². The summed E-state index contributed by atoms with van der Waals surface area (Å²) in [6, 6.07) is 0. The van der Waals surface area contributed by atoms with Crippen molar-refractivity contribution in [3.63, 3.8) is 0 Å². The first-order valence-electron chi connectivity index (χ1n) is 7.31.